The van der Waals surface area contributed by atoms with E-state index in [-0.39, 0.29) is 5.92 Å². The number of H-pyrrole nitrogens is 1. The fourth-order valence-electron chi connectivity index (χ4n) is 2.60. The number of carboxylic acid groups (broad SMARTS) is 1. The Labute approximate surface area is 119 Å². The maximum atomic E-state index is 10.9. The Hall–Kier alpha value is -1.81. The number of aromatic amines is 1. The summed E-state index contributed by atoms with van der Waals surface area (Å²) < 4.78 is 0. The molecule has 0 aliphatic rings. The Balaban J connectivity index is 2.16. The fraction of sp³-hybridized carbons (Fsp3) is 0.438. The molecule has 4 nitrogen and oxygen atoms in total. The molecular weight excluding hydrogens is 252 g/mol. The van der Waals surface area contributed by atoms with Crippen LogP contribution in [-0.2, 0) is 17.8 Å². The molecule has 0 amide bonds. The molecule has 1 atom stereocenters. The second-order valence-corrected chi connectivity index (χ2v) is 5.44. The first-order valence-electron chi connectivity index (χ1n) is 7.02. The summed E-state index contributed by atoms with van der Waals surface area (Å²) in [5.41, 5.74) is 3.73. The summed E-state index contributed by atoms with van der Waals surface area (Å²) in [5, 5.41) is 10.2. The number of fused-ring (bicyclic) bond motifs is 1. The van der Waals surface area contributed by atoms with Crippen molar-refractivity contribution in [3.8, 4) is 0 Å². The highest BCUT2D eigenvalue weighted by atomic mass is 16.4. The standard InChI is InChI=1S/C16H22N2O2/c1-4-12-6-5-7-14-13(8-17-15(12)14)10-18(3)9-11(2)16(19)20/h5-8,11,17H,4,9-10H2,1-3H3,(H,19,20). The van der Waals surface area contributed by atoms with Gasteiger partial charge in [0.05, 0.1) is 5.92 Å². The van der Waals surface area contributed by atoms with Gasteiger partial charge in [-0.25, -0.2) is 0 Å². The number of hydrogen-bond donors (Lipinski definition) is 2. The first kappa shape index (κ1) is 14.6. The number of nitrogens with one attached hydrogen (secondary N) is 1. The van der Waals surface area contributed by atoms with Gasteiger partial charge in [0.15, 0.2) is 0 Å². The monoisotopic (exact) mass is 274 g/mol. The van der Waals surface area contributed by atoms with Gasteiger partial charge in [-0.05, 0) is 24.6 Å². The van der Waals surface area contributed by atoms with Gasteiger partial charge in [0.25, 0.3) is 0 Å². The average Bonchev–Trinajstić information content (AvgIpc) is 2.81. The molecule has 0 aliphatic heterocycles. The SMILES string of the molecule is CCc1cccc2c(CN(C)CC(C)C(=O)O)c[nH]c12. The average molecular weight is 274 g/mol. The number of aliphatic carboxylic acids is 1. The minimum atomic E-state index is -0.746. The maximum absolute atomic E-state index is 10.9. The summed E-state index contributed by atoms with van der Waals surface area (Å²) in [6.45, 7) is 5.19. The number of para-hydroxylation sites is 1. The number of hydrogen-bond acceptors (Lipinski definition) is 2. The van der Waals surface area contributed by atoms with E-state index in [9.17, 15) is 4.79 Å². The molecule has 1 heterocycles. The molecule has 0 spiro atoms. The summed E-state index contributed by atoms with van der Waals surface area (Å²) in [6, 6.07) is 6.34. The van der Waals surface area contributed by atoms with Crippen LogP contribution in [0.3, 0.4) is 0 Å². The quantitative estimate of drug-likeness (QED) is 0.851. The Morgan fingerprint density at radius 1 is 1.40 bits per heavy atom. The van der Waals surface area contributed by atoms with E-state index >= 15 is 0 Å². The normalized spacial score (nSPS) is 13.0. The van der Waals surface area contributed by atoms with E-state index < -0.39 is 5.97 Å². The number of carboxylic acids is 1. The third-order valence-corrected chi connectivity index (χ3v) is 3.72. The number of carbonyl (C=O) groups is 1. The van der Waals surface area contributed by atoms with E-state index in [0.717, 1.165) is 13.0 Å². The Morgan fingerprint density at radius 2 is 2.15 bits per heavy atom. The Morgan fingerprint density at radius 3 is 2.80 bits per heavy atom. The van der Waals surface area contributed by atoms with Gasteiger partial charge in [-0.15, -0.1) is 0 Å². The predicted octanol–water partition coefficient (Wildman–Crippen LogP) is 2.88. The molecule has 1 aromatic carbocycles. The van der Waals surface area contributed by atoms with E-state index in [1.807, 2.05) is 13.2 Å². The van der Waals surface area contributed by atoms with Crippen molar-refractivity contribution in [2.75, 3.05) is 13.6 Å². The second-order valence-electron chi connectivity index (χ2n) is 5.44. The summed E-state index contributed by atoms with van der Waals surface area (Å²) >= 11 is 0. The van der Waals surface area contributed by atoms with Crippen LogP contribution in [0.4, 0.5) is 0 Å². The third kappa shape index (κ3) is 3.02. The molecular formula is C16H22N2O2. The van der Waals surface area contributed by atoms with Crippen LogP contribution in [0.2, 0.25) is 0 Å². The van der Waals surface area contributed by atoms with E-state index in [1.165, 1.54) is 22.0 Å². The molecule has 0 radical (unpaired) electrons. The molecule has 1 aromatic heterocycles. The molecule has 4 heteroatoms. The summed E-state index contributed by atoms with van der Waals surface area (Å²) in [5.74, 6) is -1.10. The number of aromatic nitrogens is 1. The largest absolute Gasteiger partial charge is 0.481 e. The van der Waals surface area contributed by atoms with Crippen molar-refractivity contribution in [2.24, 2.45) is 5.92 Å². The number of nitrogens with zero attached hydrogens (tertiary/aromatic N) is 1. The molecule has 2 aromatic rings. The highest BCUT2D eigenvalue weighted by Crippen LogP contribution is 2.23. The zero-order chi connectivity index (χ0) is 14.7. The molecule has 0 aliphatic carbocycles. The first-order chi connectivity index (χ1) is 9.52. The Kier molecular flexibility index (Phi) is 4.45. The molecule has 108 valence electrons. The topological polar surface area (TPSA) is 56.3 Å². The lowest BCUT2D eigenvalue weighted by Gasteiger charge is -2.18. The fourth-order valence-corrected chi connectivity index (χ4v) is 2.60. The van der Waals surface area contributed by atoms with E-state index in [0.29, 0.717) is 6.54 Å². The zero-order valence-corrected chi connectivity index (χ0v) is 12.3. The van der Waals surface area contributed by atoms with Crippen LogP contribution in [0.5, 0.6) is 0 Å². The van der Waals surface area contributed by atoms with E-state index in [2.05, 4.69) is 35.0 Å². The van der Waals surface area contributed by atoms with Crippen molar-refractivity contribution in [1.82, 2.24) is 9.88 Å². The molecule has 1 unspecified atom stereocenters. The number of benzene rings is 1. The van der Waals surface area contributed by atoms with Gasteiger partial charge in [-0.2, -0.15) is 0 Å². The molecule has 2 N–H and O–H groups in total. The number of rotatable bonds is 6. The lowest BCUT2D eigenvalue weighted by atomic mass is 10.1. The van der Waals surface area contributed by atoms with Crippen molar-refractivity contribution in [3.05, 3.63) is 35.5 Å². The van der Waals surface area contributed by atoms with Crippen molar-refractivity contribution in [3.63, 3.8) is 0 Å². The van der Waals surface area contributed by atoms with Gasteiger partial charge in [-0.3, -0.25) is 4.79 Å². The summed E-state index contributed by atoms with van der Waals surface area (Å²) in [7, 11) is 1.96. The second kappa shape index (κ2) is 6.09. The van der Waals surface area contributed by atoms with Gasteiger partial charge in [0, 0.05) is 30.2 Å². The summed E-state index contributed by atoms with van der Waals surface area (Å²) in [6.07, 6.45) is 3.04. The number of aryl methyl sites for hydroxylation is 1. The van der Waals surface area contributed by atoms with Gasteiger partial charge in [0.2, 0.25) is 0 Å². The van der Waals surface area contributed by atoms with Crippen molar-refractivity contribution >= 4 is 16.9 Å². The zero-order valence-electron chi connectivity index (χ0n) is 12.3. The van der Waals surface area contributed by atoms with Crippen LogP contribution >= 0.6 is 0 Å². The highest BCUT2D eigenvalue weighted by molar-refractivity contribution is 5.86. The summed E-state index contributed by atoms with van der Waals surface area (Å²) in [4.78, 5) is 16.3. The smallest absolute Gasteiger partial charge is 0.307 e. The van der Waals surface area contributed by atoms with Gasteiger partial charge in [0.1, 0.15) is 0 Å². The Bertz CT molecular complexity index is 604. The molecule has 0 saturated heterocycles. The van der Waals surface area contributed by atoms with Gasteiger partial charge < -0.3 is 15.0 Å². The molecule has 20 heavy (non-hydrogen) atoms. The van der Waals surface area contributed by atoms with Crippen molar-refractivity contribution < 1.29 is 9.90 Å². The van der Waals surface area contributed by atoms with Crippen LogP contribution in [0.15, 0.2) is 24.4 Å². The minimum Gasteiger partial charge on any atom is -0.481 e. The molecule has 0 saturated carbocycles. The maximum Gasteiger partial charge on any atom is 0.307 e. The highest BCUT2D eigenvalue weighted by Gasteiger charge is 2.15. The first-order valence-corrected chi connectivity index (χ1v) is 7.02. The van der Waals surface area contributed by atoms with Gasteiger partial charge >= 0.3 is 5.97 Å². The van der Waals surface area contributed by atoms with E-state index in [4.69, 9.17) is 5.11 Å². The van der Waals surface area contributed by atoms with Crippen molar-refractivity contribution in [2.45, 2.75) is 26.8 Å². The van der Waals surface area contributed by atoms with Crippen LogP contribution in [-0.4, -0.2) is 34.6 Å². The third-order valence-electron chi connectivity index (χ3n) is 3.72. The lowest BCUT2D eigenvalue weighted by Crippen LogP contribution is -2.28. The van der Waals surface area contributed by atoms with Crippen LogP contribution in [0.25, 0.3) is 10.9 Å². The van der Waals surface area contributed by atoms with Crippen molar-refractivity contribution in [1.29, 1.82) is 0 Å². The lowest BCUT2D eigenvalue weighted by molar-refractivity contribution is -0.141. The van der Waals surface area contributed by atoms with E-state index in [1.54, 1.807) is 6.92 Å². The molecule has 0 bridgehead atoms. The predicted molar refractivity (Wildman–Crippen MR) is 80.8 cm³/mol. The minimum absolute atomic E-state index is 0.351. The van der Waals surface area contributed by atoms with Crippen LogP contribution < -0.4 is 0 Å². The van der Waals surface area contributed by atoms with Gasteiger partial charge in [-0.1, -0.05) is 32.0 Å². The molecule has 0 fully saturated rings. The van der Waals surface area contributed by atoms with Crippen LogP contribution in [0, 0.1) is 5.92 Å². The molecule has 2 rings (SSSR count). The van der Waals surface area contributed by atoms with Crippen LogP contribution in [0.1, 0.15) is 25.0 Å².